The summed E-state index contributed by atoms with van der Waals surface area (Å²) in [7, 11) is 0. The Hall–Kier alpha value is -0.890. The average Bonchev–Trinajstić information content (AvgIpc) is 3.36. The number of hydrogen-bond donors (Lipinski definition) is 8. The maximum atomic E-state index is 13.2. The second-order valence-electron chi connectivity index (χ2n) is 21.8. The van der Waals surface area contributed by atoms with Gasteiger partial charge < -0.3 is 50.5 Å². The molecule has 0 saturated carbocycles. The fourth-order valence-corrected chi connectivity index (χ4v) is 10.2. The third kappa shape index (κ3) is 36.9. The highest BCUT2D eigenvalue weighted by atomic mass is 16.7. The maximum absolute atomic E-state index is 13.2. The standard InChI is InChI=1S/C59H117NO10/c1-3-5-7-9-11-13-15-16-17-18-19-20-21-22-23-24-25-26-27-28-29-30-31-32-33-34-35-37-39-41-43-45-47-52(63)58(68)60-50(49-69-59-57(67)56(66)55(65)53(48-61)70-59)54(64)51(62)46-44-42-40-38-36-14-12-10-8-6-4-2/h50-57,59,61-67H,3-49H2,1-2H3,(H,60,68). The Morgan fingerprint density at radius 3 is 1.06 bits per heavy atom. The van der Waals surface area contributed by atoms with Gasteiger partial charge in [-0.3, -0.25) is 4.79 Å². The molecular weight excluding hydrogens is 883 g/mol. The number of carbonyl (C=O) groups is 1. The molecule has 9 unspecified atom stereocenters. The molecule has 9 atom stereocenters. The highest BCUT2D eigenvalue weighted by molar-refractivity contribution is 5.80. The van der Waals surface area contributed by atoms with Crippen LogP contribution in [-0.4, -0.2) is 110 Å². The van der Waals surface area contributed by atoms with Crippen LogP contribution in [0.1, 0.15) is 303 Å². The molecule has 70 heavy (non-hydrogen) atoms. The van der Waals surface area contributed by atoms with Gasteiger partial charge in [-0.15, -0.1) is 0 Å². The number of rotatable bonds is 53. The van der Waals surface area contributed by atoms with Crippen LogP contribution in [0.4, 0.5) is 0 Å². The number of nitrogens with one attached hydrogen (secondary N) is 1. The van der Waals surface area contributed by atoms with E-state index in [-0.39, 0.29) is 6.42 Å². The van der Waals surface area contributed by atoms with E-state index in [0.717, 1.165) is 38.5 Å². The first kappa shape index (κ1) is 67.1. The first-order valence-electron chi connectivity index (χ1n) is 30.4. The van der Waals surface area contributed by atoms with Crippen LogP contribution in [0.15, 0.2) is 0 Å². The Balaban J connectivity index is 2.14. The molecule has 0 aliphatic carbocycles. The van der Waals surface area contributed by atoms with E-state index < -0.39 is 74.2 Å². The zero-order chi connectivity index (χ0) is 51.1. The first-order valence-corrected chi connectivity index (χ1v) is 30.4. The smallest absolute Gasteiger partial charge is 0.249 e. The van der Waals surface area contributed by atoms with Crippen molar-refractivity contribution >= 4 is 5.91 Å². The summed E-state index contributed by atoms with van der Waals surface area (Å²) in [4.78, 5) is 13.2. The van der Waals surface area contributed by atoms with Gasteiger partial charge in [0.25, 0.3) is 0 Å². The van der Waals surface area contributed by atoms with E-state index in [1.165, 1.54) is 225 Å². The molecule has 1 aliphatic rings. The van der Waals surface area contributed by atoms with Crippen LogP contribution in [0, 0.1) is 0 Å². The van der Waals surface area contributed by atoms with E-state index >= 15 is 0 Å². The zero-order valence-corrected chi connectivity index (χ0v) is 45.8. The van der Waals surface area contributed by atoms with Crippen LogP contribution in [0.3, 0.4) is 0 Å². The lowest BCUT2D eigenvalue weighted by Gasteiger charge is -2.40. The number of hydrogen-bond acceptors (Lipinski definition) is 10. The average molecular weight is 1000 g/mol. The molecular formula is C59H117NO10. The molecule has 1 amide bonds. The number of ether oxygens (including phenoxy) is 2. The lowest BCUT2D eigenvalue weighted by molar-refractivity contribution is -0.303. The van der Waals surface area contributed by atoms with Crippen LogP contribution in [-0.2, 0) is 14.3 Å². The minimum atomic E-state index is -1.66. The van der Waals surface area contributed by atoms with Crippen molar-refractivity contribution in [2.45, 2.75) is 358 Å². The summed E-state index contributed by atoms with van der Waals surface area (Å²) in [6.07, 6.45) is 44.8. The number of aliphatic hydroxyl groups excluding tert-OH is 7. The molecule has 1 aliphatic heterocycles. The molecule has 418 valence electrons. The third-order valence-corrected chi connectivity index (χ3v) is 15.2. The minimum Gasteiger partial charge on any atom is -0.394 e. The van der Waals surface area contributed by atoms with Crippen LogP contribution >= 0.6 is 0 Å². The molecule has 1 heterocycles. The Bertz CT molecular complexity index is 1100. The van der Waals surface area contributed by atoms with Crippen molar-refractivity contribution < 1.29 is 50.0 Å². The molecule has 0 aromatic rings. The van der Waals surface area contributed by atoms with E-state index in [1.807, 2.05) is 0 Å². The molecule has 0 bridgehead atoms. The number of amides is 1. The Morgan fingerprint density at radius 1 is 0.443 bits per heavy atom. The second-order valence-corrected chi connectivity index (χ2v) is 21.8. The monoisotopic (exact) mass is 1000 g/mol. The van der Waals surface area contributed by atoms with Gasteiger partial charge in [-0.05, 0) is 12.8 Å². The lowest BCUT2D eigenvalue weighted by Crippen LogP contribution is -2.60. The summed E-state index contributed by atoms with van der Waals surface area (Å²) in [5, 5.41) is 76.0. The summed E-state index contributed by atoms with van der Waals surface area (Å²) in [6.45, 7) is 3.47. The van der Waals surface area contributed by atoms with Crippen molar-refractivity contribution in [1.29, 1.82) is 0 Å². The fraction of sp³-hybridized carbons (Fsp3) is 0.983. The third-order valence-electron chi connectivity index (χ3n) is 15.2. The van der Waals surface area contributed by atoms with Crippen molar-refractivity contribution in [2.24, 2.45) is 0 Å². The van der Waals surface area contributed by atoms with E-state index in [4.69, 9.17) is 9.47 Å². The van der Waals surface area contributed by atoms with E-state index in [0.29, 0.717) is 19.3 Å². The summed E-state index contributed by atoms with van der Waals surface area (Å²) in [5.74, 6) is -0.691. The van der Waals surface area contributed by atoms with Crippen molar-refractivity contribution in [3.63, 3.8) is 0 Å². The topological polar surface area (TPSA) is 189 Å². The molecule has 0 radical (unpaired) electrons. The summed E-state index contributed by atoms with van der Waals surface area (Å²) in [6, 6.07) is -1.16. The largest absolute Gasteiger partial charge is 0.394 e. The van der Waals surface area contributed by atoms with Crippen molar-refractivity contribution in [3.8, 4) is 0 Å². The molecule has 11 nitrogen and oxygen atoms in total. The van der Waals surface area contributed by atoms with E-state index in [9.17, 15) is 40.5 Å². The predicted octanol–water partition coefficient (Wildman–Crippen LogP) is 13.0. The SMILES string of the molecule is CCCCCCCCCCCCCCCCCCCCCCCCCCCCCCCCCCC(O)C(=O)NC(COC1OC(CO)C(O)C(O)C1O)C(O)C(O)CCCCCCCCCCCCC. The fourth-order valence-electron chi connectivity index (χ4n) is 10.2. The zero-order valence-electron chi connectivity index (χ0n) is 45.8. The molecule has 8 N–H and O–H groups in total. The number of carbonyl (C=O) groups excluding carboxylic acids is 1. The molecule has 0 spiro atoms. The van der Waals surface area contributed by atoms with Gasteiger partial charge in [0.15, 0.2) is 6.29 Å². The van der Waals surface area contributed by atoms with Gasteiger partial charge >= 0.3 is 0 Å². The normalized spacial score (nSPS) is 20.2. The van der Waals surface area contributed by atoms with Crippen LogP contribution in [0.5, 0.6) is 0 Å². The van der Waals surface area contributed by atoms with Gasteiger partial charge in [0.1, 0.15) is 36.6 Å². The molecule has 1 rings (SSSR count). The minimum absolute atomic E-state index is 0.267. The van der Waals surface area contributed by atoms with Crippen LogP contribution < -0.4 is 5.32 Å². The molecule has 0 aromatic heterocycles. The lowest BCUT2D eigenvalue weighted by atomic mass is 9.98. The second kappa shape index (κ2) is 49.0. The predicted molar refractivity (Wildman–Crippen MR) is 289 cm³/mol. The molecule has 1 fully saturated rings. The van der Waals surface area contributed by atoms with Crippen molar-refractivity contribution in [1.82, 2.24) is 5.32 Å². The summed E-state index contributed by atoms with van der Waals surface area (Å²) >= 11 is 0. The number of unbranched alkanes of at least 4 members (excludes halogenated alkanes) is 41. The highest BCUT2D eigenvalue weighted by Crippen LogP contribution is 2.24. The van der Waals surface area contributed by atoms with Gasteiger partial charge in [0.05, 0.1) is 25.4 Å². The number of aliphatic hydroxyl groups is 7. The van der Waals surface area contributed by atoms with Crippen molar-refractivity contribution in [3.05, 3.63) is 0 Å². The molecule has 1 saturated heterocycles. The van der Waals surface area contributed by atoms with Crippen molar-refractivity contribution in [2.75, 3.05) is 13.2 Å². The van der Waals surface area contributed by atoms with Gasteiger partial charge in [0, 0.05) is 0 Å². The Labute approximate surface area is 430 Å². The quantitative estimate of drug-likeness (QED) is 0.0272. The van der Waals surface area contributed by atoms with Crippen LogP contribution in [0.25, 0.3) is 0 Å². The van der Waals surface area contributed by atoms with Crippen LogP contribution in [0.2, 0.25) is 0 Å². The summed E-state index contributed by atoms with van der Waals surface area (Å²) in [5.41, 5.74) is 0. The maximum Gasteiger partial charge on any atom is 0.249 e. The van der Waals surface area contributed by atoms with Gasteiger partial charge in [-0.2, -0.15) is 0 Å². The van der Waals surface area contributed by atoms with E-state index in [2.05, 4.69) is 19.2 Å². The van der Waals surface area contributed by atoms with Gasteiger partial charge in [-0.25, -0.2) is 0 Å². The van der Waals surface area contributed by atoms with Gasteiger partial charge in [0.2, 0.25) is 5.91 Å². The van der Waals surface area contributed by atoms with E-state index in [1.54, 1.807) is 0 Å². The highest BCUT2D eigenvalue weighted by Gasteiger charge is 2.44. The summed E-state index contributed by atoms with van der Waals surface area (Å²) < 4.78 is 11.1. The Morgan fingerprint density at radius 2 is 0.743 bits per heavy atom. The molecule has 0 aromatic carbocycles. The first-order chi connectivity index (χ1) is 34.2. The van der Waals surface area contributed by atoms with Gasteiger partial charge in [-0.1, -0.05) is 290 Å². The molecule has 11 heteroatoms. The Kier molecular flexibility index (Phi) is 47.0.